The van der Waals surface area contributed by atoms with Crippen molar-refractivity contribution in [2.24, 2.45) is 0 Å². The zero-order valence-electron chi connectivity index (χ0n) is 4.83. The van der Waals surface area contributed by atoms with Gasteiger partial charge in [0.2, 0.25) is 0 Å². The predicted molar refractivity (Wildman–Crippen MR) is 28.0 cm³/mol. The van der Waals surface area contributed by atoms with Crippen molar-refractivity contribution < 1.29 is 32.2 Å². The second-order valence-electron chi connectivity index (χ2n) is 0. The summed E-state index contributed by atoms with van der Waals surface area (Å²) in [5.41, 5.74) is 0. The van der Waals surface area contributed by atoms with Crippen LogP contribution in [-0.2, 0) is 19.8 Å². The van der Waals surface area contributed by atoms with Crippen molar-refractivity contribution >= 4 is 0 Å². The third kappa shape index (κ3) is 2140. The van der Waals surface area contributed by atoms with Crippen molar-refractivity contribution in [2.45, 2.75) is 0 Å². The second kappa shape index (κ2) is 3210. The Labute approximate surface area is 78.8 Å². The van der Waals surface area contributed by atoms with Gasteiger partial charge in [0, 0.05) is 21.6 Å². The molecule has 0 aliphatic rings. The number of halogens is 1. The van der Waals surface area contributed by atoms with Crippen LogP contribution in [0.15, 0.2) is 0 Å². The van der Waals surface area contributed by atoms with Crippen LogP contribution >= 0.6 is 0 Å². The van der Waals surface area contributed by atoms with Gasteiger partial charge >= 0.3 is 19.8 Å². The van der Waals surface area contributed by atoms with Gasteiger partial charge in [-0.2, -0.15) is 0 Å². The predicted octanol–water partition coefficient (Wildman–Crippen LogP) is -0.0698. The molecule has 0 spiro atoms. The summed E-state index contributed by atoms with van der Waals surface area (Å²) in [5, 5.41) is 24.0. The second-order valence-corrected chi connectivity index (χ2v) is 0. The third-order valence-corrected chi connectivity index (χ3v) is 0. The van der Waals surface area contributed by atoms with Crippen LogP contribution < -0.4 is 12.4 Å². The molecule has 0 aromatic carbocycles. The maximum atomic E-state index is 6.00. The quantitative estimate of drug-likeness (QED) is 0.548. The van der Waals surface area contributed by atoms with E-state index in [9.17, 15) is 0 Å². The molecular weight excluding hydrogens is 338 g/mol. The Hall–Kier alpha value is -0.394. The van der Waals surface area contributed by atoms with Gasteiger partial charge in [0.25, 0.3) is 0 Å². The fraction of sp³-hybridized carbons (Fsp3) is 0. The molecule has 0 saturated carbocycles. The normalized spacial score (nSPS) is 0.400. The molecule has 0 heterocycles. The van der Waals surface area contributed by atoms with Gasteiger partial charge in [0.05, 0.1) is 0 Å². The molecule has 0 fully saturated rings. The summed E-state index contributed by atoms with van der Waals surface area (Å²) in [6, 6.07) is 0. The molecule has 0 aliphatic carbocycles. The van der Waals surface area contributed by atoms with Crippen molar-refractivity contribution in [3.63, 3.8) is 0 Å². The first-order valence-corrected chi connectivity index (χ1v) is 0.400. The number of nitrogens with zero attached hydrogens (tertiary/aromatic N) is 4. The summed E-state index contributed by atoms with van der Waals surface area (Å²) in [4.78, 5) is 0. The molecule has 0 aromatic rings. The zero-order valence-corrected chi connectivity index (χ0v) is 8.13. The first-order chi connectivity index (χ1) is 2.00. The van der Waals surface area contributed by atoms with Crippen LogP contribution in [-0.4, -0.2) is 0 Å². The van der Waals surface area contributed by atoms with E-state index in [1.165, 1.54) is 0 Å². The minimum absolute atomic E-state index is 0. The molecule has 0 aliphatic heterocycles. The number of hydrogen-bond acceptors (Lipinski definition) is 4. The molecule has 0 unspecified atom stereocenters. The van der Waals surface area contributed by atoms with Crippen LogP contribution in [0.4, 0.5) is 0 Å². The van der Waals surface area contributed by atoms with Crippen LogP contribution in [0.5, 0.6) is 0 Å². The molecule has 0 bridgehead atoms. The van der Waals surface area contributed by atoms with Gasteiger partial charge in [-0.05, 0) is 0 Å². The standard InChI is InChI=1S/ClH.2N2.4H2N.Os/c;2*1-2;;;;;/h1H;;;4*1H2;/q;;;4*-1;+6/p-1. The SMILES string of the molecule is N#N.N#N.[Cl-].[NH2-].[NH2-].[NH2-].[NH2-].[Os+6]. The van der Waals surface area contributed by atoms with E-state index >= 15 is 0 Å². The molecule has 62 valence electrons. The Morgan fingerprint density at radius 1 is 0.500 bits per heavy atom. The molecule has 10 heteroatoms. The van der Waals surface area contributed by atoms with E-state index in [1.54, 1.807) is 0 Å². The average Bonchev–Trinajstić information content (AvgIpc) is 1.50. The third-order valence-electron chi connectivity index (χ3n) is 0. The first-order valence-electron chi connectivity index (χ1n) is 0.400. The Balaban J connectivity index is -0.000000000833. The van der Waals surface area contributed by atoms with E-state index in [1.807, 2.05) is 0 Å². The Morgan fingerprint density at radius 2 is 0.500 bits per heavy atom. The molecule has 0 radical (unpaired) electrons. The molecule has 0 saturated heterocycles. The van der Waals surface area contributed by atoms with Crippen LogP contribution in [0.2, 0.25) is 0 Å². The van der Waals surface area contributed by atoms with E-state index in [0.29, 0.717) is 0 Å². The van der Waals surface area contributed by atoms with E-state index in [2.05, 4.69) is 0 Å². The molecular formula is H8ClN8Os+. The molecule has 0 atom stereocenters. The van der Waals surface area contributed by atoms with E-state index < -0.39 is 0 Å². The van der Waals surface area contributed by atoms with Gasteiger partial charge in [-0.15, -0.1) is 0 Å². The van der Waals surface area contributed by atoms with Gasteiger partial charge in [-0.1, -0.05) is 0 Å². The minimum Gasteiger partial charge on any atom is -1.00 e. The summed E-state index contributed by atoms with van der Waals surface area (Å²) in [6.07, 6.45) is 0. The molecule has 8 nitrogen and oxygen atoms in total. The monoisotopic (exact) mass is 347 g/mol. The Kier molecular flexibility index (Phi) is 88600. The van der Waals surface area contributed by atoms with Crippen molar-refractivity contribution in [3.05, 3.63) is 24.6 Å². The first kappa shape index (κ1) is 276. The van der Waals surface area contributed by atoms with Gasteiger partial charge in [0.15, 0.2) is 0 Å². The Bertz CT molecular complexity index is 24.7. The smallest absolute Gasteiger partial charge is 1.00 e. The van der Waals surface area contributed by atoms with Crippen LogP contribution in [0.3, 0.4) is 0 Å². The molecule has 0 rings (SSSR count). The van der Waals surface area contributed by atoms with Gasteiger partial charge in [-0.3, -0.25) is 0 Å². The van der Waals surface area contributed by atoms with E-state index in [0.717, 1.165) is 0 Å². The maximum absolute atomic E-state index is 6.00. The van der Waals surface area contributed by atoms with Crippen LogP contribution in [0.25, 0.3) is 24.6 Å². The van der Waals surface area contributed by atoms with Crippen molar-refractivity contribution in [2.75, 3.05) is 0 Å². The van der Waals surface area contributed by atoms with E-state index in [-0.39, 0.29) is 56.8 Å². The average molecular weight is 346 g/mol. The Morgan fingerprint density at radius 3 is 0.500 bits per heavy atom. The van der Waals surface area contributed by atoms with Crippen LogP contribution in [0, 0.1) is 21.6 Å². The topological polar surface area (TPSA) is 229 Å². The van der Waals surface area contributed by atoms with Gasteiger partial charge in [-0.25, -0.2) is 0 Å². The largest absolute Gasteiger partial charge is 6.00 e. The maximum Gasteiger partial charge on any atom is 6.00 e. The molecule has 0 aromatic heterocycles. The van der Waals surface area contributed by atoms with E-state index in [4.69, 9.17) is 21.6 Å². The molecule has 0 amide bonds. The van der Waals surface area contributed by atoms with Crippen LogP contribution in [0.1, 0.15) is 0 Å². The van der Waals surface area contributed by atoms with Gasteiger partial charge in [0.1, 0.15) is 0 Å². The fourth-order valence-electron chi connectivity index (χ4n) is 0. The number of hydrogen-bond donors (Lipinski definition) is 0. The summed E-state index contributed by atoms with van der Waals surface area (Å²) < 4.78 is 0. The van der Waals surface area contributed by atoms with Gasteiger partial charge < -0.3 is 37.0 Å². The summed E-state index contributed by atoms with van der Waals surface area (Å²) >= 11 is 0. The molecule has 8 N–H and O–H groups in total. The summed E-state index contributed by atoms with van der Waals surface area (Å²) in [6.45, 7) is 0. The van der Waals surface area contributed by atoms with Crippen molar-refractivity contribution in [3.8, 4) is 0 Å². The van der Waals surface area contributed by atoms with Crippen molar-refractivity contribution in [1.29, 1.82) is 21.6 Å². The summed E-state index contributed by atoms with van der Waals surface area (Å²) in [5.74, 6) is 0. The number of nitrogens with two attached hydrogens (primary N) is 4. The summed E-state index contributed by atoms with van der Waals surface area (Å²) in [7, 11) is 0. The van der Waals surface area contributed by atoms with Crippen molar-refractivity contribution in [1.82, 2.24) is 0 Å². The minimum atomic E-state index is 0. The fourth-order valence-corrected chi connectivity index (χ4v) is 0. The molecule has 10 heavy (non-hydrogen) atoms. The number of rotatable bonds is 0. The zero-order chi connectivity index (χ0) is 4.00.